The van der Waals surface area contributed by atoms with E-state index >= 15 is 0 Å². The first-order valence-electron chi connectivity index (χ1n) is 4.00. The molecule has 3 heteroatoms. The molecule has 0 aliphatic carbocycles. The molecule has 2 nitrogen and oxygen atoms in total. The third-order valence-electron chi connectivity index (χ3n) is 1.64. The maximum atomic E-state index is 8.26. The molecule has 0 amide bonds. The van der Waals surface area contributed by atoms with Crippen molar-refractivity contribution in [3.05, 3.63) is 0 Å². The van der Waals surface area contributed by atoms with Crippen molar-refractivity contribution in [2.75, 3.05) is 19.0 Å². The van der Waals surface area contributed by atoms with E-state index in [4.69, 9.17) is 10.00 Å². The number of nitriles is 1. The Bertz CT molecular complexity index is 140. The highest BCUT2D eigenvalue weighted by Gasteiger charge is 2.17. The van der Waals surface area contributed by atoms with Crippen LogP contribution in [-0.2, 0) is 4.74 Å². The molecule has 0 N–H and O–H groups in total. The topological polar surface area (TPSA) is 33.0 Å². The van der Waals surface area contributed by atoms with E-state index in [1.807, 2.05) is 11.8 Å². The fourth-order valence-electron chi connectivity index (χ4n) is 0.866. The van der Waals surface area contributed by atoms with E-state index in [2.05, 4.69) is 6.07 Å². The molecule has 1 heterocycles. The van der Waals surface area contributed by atoms with Gasteiger partial charge in [-0.3, -0.25) is 0 Å². The summed E-state index contributed by atoms with van der Waals surface area (Å²) < 4.78 is 5.04. The smallest absolute Gasteiger partial charge is 0.0621 e. The van der Waals surface area contributed by atoms with Crippen molar-refractivity contribution in [2.24, 2.45) is 0 Å². The Kier molecular flexibility index (Phi) is 4.41. The molecular formula is C8H13NOS. The first-order chi connectivity index (χ1) is 5.43. The zero-order chi connectivity index (χ0) is 7.94. The SMILES string of the molecule is N#CCCCCSC1COC1. The molecule has 0 aromatic heterocycles. The van der Waals surface area contributed by atoms with Gasteiger partial charge in [0.05, 0.1) is 24.5 Å². The molecule has 0 spiro atoms. The van der Waals surface area contributed by atoms with Gasteiger partial charge in [-0.25, -0.2) is 0 Å². The summed E-state index contributed by atoms with van der Waals surface area (Å²) in [6.07, 6.45) is 2.94. The molecule has 1 rings (SSSR count). The fraction of sp³-hybridized carbons (Fsp3) is 0.875. The van der Waals surface area contributed by atoms with E-state index in [9.17, 15) is 0 Å². The Balaban J connectivity index is 1.77. The van der Waals surface area contributed by atoms with Crippen LogP contribution in [0.2, 0.25) is 0 Å². The van der Waals surface area contributed by atoms with Crippen LogP contribution in [0.15, 0.2) is 0 Å². The van der Waals surface area contributed by atoms with Crippen LogP contribution in [0.3, 0.4) is 0 Å². The average molecular weight is 171 g/mol. The zero-order valence-electron chi connectivity index (χ0n) is 6.58. The van der Waals surface area contributed by atoms with Crippen molar-refractivity contribution in [3.63, 3.8) is 0 Å². The molecule has 0 aromatic rings. The number of nitrogens with zero attached hydrogens (tertiary/aromatic N) is 1. The third kappa shape index (κ3) is 3.64. The van der Waals surface area contributed by atoms with Crippen molar-refractivity contribution in [1.29, 1.82) is 5.26 Å². The van der Waals surface area contributed by atoms with Crippen LogP contribution >= 0.6 is 11.8 Å². The fourth-order valence-corrected chi connectivity index (χ4v) is 1.96. The molecule has 0 saturated carbocycles. The van der Waals surface area contributed by atoms with Crippen LogP contribution in [0, 0.1) is 11.3 Å². The second-order valence-electron chi connectivity index (χ2n) is 2.65. The number of ether oxygens (including phenoxy) is 1. The summed E-state index contributed by atoms with van der Waals surface area (Å²) >= 11 is 1.98. The van der Waals surface area contributed by atoms with Crippen molar-refractivity contribution in [3.8, 4) is 6.07 Å². The van der Waals surface area contributed by atoms with E-state index < -0.39 is 0 Å². The van der Waals surface area contributed by atoms with E-state index in [0.717, 1.165) is 24.9 Å². The lowest BCUT2D eigenvalue weighted by Gasteiger charge is -2.24. The molecule has 1 saturated heterocycles. The molecule has 11 heavy (non-hydrogen) atoms. The predicted octanol–water partition coefficient (Wildman–Crippen LogP) is 1.81. The first-order valence-corrected chi connectivity index (χ1v) is 5.04. The van der Waals surface area contributed by atoms with Crippen LogP contribution in [0.1, 0.15) is 19.3 Å². The summed E-state index contributed by atoms with van der Waals surface area (Å²) in [4.78, 5) is 0. The molecule has 0 aromatic carbocycles. The lowest BCUT2D eigenvalue weighted by molar-refractivity contribution is 0.0455. The minimum Gasteiger partial charge on any atom is -0.379 e. The van der Waals surface area contributed by atoms with E-state index in [1.54, 1.807) is 0 Å². The van der Waals surface area contributed by atoms with Gasteiger partial charge in [-0.2, -0.15) is 17.0 Å². The molecule has 0 atom stereocenters. The molecule has 0 unspecified atom stereocenters. The second-order valence-corrected chi connectivity index (χ2v) is 4.05. The lowest BCUT2D eigenvalue weighted by Crippen LogP contribution is -2.30. The molecule has 0 radical (unpaired) electrons. The van der Waals surface area contributed by atoms with Crippen LogP contribution < -0.4 is 0 Å². The largest absolute Gasteiger partial charge is 0.379 e. The summed E-state index contributed by atoms with van der Waals surface area (Å²) in [5.74, 6) is 1.19. The summed E-state index contributed by atoms with van der Waals surface area (Å²) in [5, 5.41) is 9.00. The quantitative estimate of drug-likeness (QED) is 0.591. The van der Waals surface area contributed by atoms with Gasteiger partial charge in [0, 0.05) is 6.42 Å². The summed E-state index contributed by atoms with van der Waals surface area (Å²) in [7, 11) is 0. The Labute approximate surface area is 71.9 Å². The number of unbranched alkanes of at least 4 members (excludes halogenated alkanes) is 2. The normalized spacial score (nSPS) is 17.4. The van der Waals surface area contributed by atoms with E-state index in [-0.39, 0.29) is 0 Å². The van der Waals surface area contributed by atoms with E-state index in [0.29, 0.717) is 6.42 Å². The Morgan fingerprint density at radius 3 is 2.82 bits per heavy atom. The van der Waals surface area contributed by atoms with Crippen LogP contribution in [-0.4, -0.2) is 24.2 Å². The van der Waals surface area contributed by atoms with Gasteiger partial charge in [-0.1, -0.05) is 0 Å². The summed E-state index contributed by atoms with van der Waals surface area (Å²) in [5.41, 5.74) is 0. The molecular weight excluding hydrogens is 158 g/mol. The lowest BCUT2D eigenvalue weighted by atomic mass is 10.3. The molecule has 1 aliphatic rings. The first kappa shape index (κ1) is 8.89. The van der Waals surface area contributed by atoms with Crippen molar-refractivity contribution in [2.45, 2.75) is 24.5 Å². The molecule has 0 bridgehead atoms. The third-order valence-corrected chi connectivity index (χ3v) is 2.91. The Hall–Kier alpha value is -0.200. The highest BCUT2D eigenvalue weighted by molar-refractivity contribution is 8.00. The van der Waals surface area contributed by atoms with Gasteiger partial charge in [-0.05, 0) is 18.6 Å². The van der Waals surface area contributed by atoms with Gasteiger partial charge in [0.15, 0.2) is 0 Å². The summed E-state index contributed by atoms with van der Waals surface area (Å²) in [6.45, 7) is 1.87. The average Bonchev–Trinajstić information content (AvgIpc) is 1.93. The second kappa shape index (κ2) is 5.45. The summed E-state index contributed by atoms with van der Waals surface area (Å²) in [6, 6.07) is 2.15. The van der Waals surface area contributed by atoms with E-state index in [1.165, 1.54) is 12.2 Å². The minimum atomic E-state index is 0.710. The van der Waals surface area contributed by atoms with Crippen molar-refractivity contribution < 1.29 is 4.74 Å². The van der Waals surface area contributed by atoms with Gasteiger partial charge < -0.3 is 4.74 Å². The van der Waals surface area contributed by atoms with Gasteiger partial charge in [0.1, 0.15) is 0 Å². The highest BCUT2D eigenvalue weighted by Crippen LogP contribution is 2.20. The van der Waals surface area contributed by atoms with Crippen molar-refractivity contribution in [1.82, 2.24) is 0 Å². The van der Waals surface area contributed by atoms with Crippen LogP contribution in [0.4, 0.5) is 0 Å². The standard InChI is InChI=1S/C8H13NOS/c9-4-2-1-3-5-11-8-6-10-7-8/h8H,1-3,5-7H2. The van der Waals surface area contributed by atoms with Crippen molar-refractivity contribution >= 4 is 11.8 Å². The molecule has 1 aliphatic heterocycles. The Morgan fingerprint density at radius 2 is 2.27 bits per heavy atom. The molecule has 62 valence electrons. The maximum Gasteiger partial charge on any atom is 0.0621 e. The van der Waals surface area contributed by atoms with Gasteiger partial charge in [-0.15, -0.1) is 0 Å². The number of hydrogen-bond donors (Lipinski definition) is 0. The monoisotopic (exact) mass is 171 g/mol. The van der Waals surface area contributed by atoms with Crippen LogP contribution in [0.25, 0.3) is 0 Å². The zero-order valence-corrected chi connectivity index (χ0v) is 7.40. The van der Waals surface area contributed by atoms with Gasteiger partial charge in [0.25, 0.3) is 0 Å². The highest BCUT2D eigenvalue weighted by atomic mass is 32.2. The molecule has 1 fully saturated rings. The predicted molar refractivity (Wildman–Crippen MR) is 46.5 cm³/mol. The van der Waals surface area contributed by atoms with Gasteiger partial charge >= 0.3 is 0 Å². The number of rotatable bonds is 5. The number of hydrogen-bond acceptors (Lipinski definition) is 3. The van der Waals surface area contributed by atoms with Gasteiger partial charge in [0.2, 0.25) is 0 Å². The maximum absolute atomic E-state index is 8.26. The number of thioether (sulfide) groups is 1. The van der Waals surface area contributed by atoms with Crippen LogP contribution in [0.5, 0.6) is 0 Å². The Morgan fingerprint density at radius 1 is 1.45 bits per heavy atom. The minimum absolute atomic E-state index is 0.710.